The molecule has 61 valence electrons. The van der Waals surface area contributed by atoms with E-state index in [2.05, 4.69) is 6.07 Å². The average molecular weight is 162 g/mol. The molecule has 3 nitrogen and oxygen atoms in total. The van der Waals surface area contributed by atoms with Gasteiger partial charge < -0.3 is 10.5 Å². The average Bonchev–Trinajstić information content (AvgIpc) is 2.46. The van der Waals surface area contributed by atoms with Crippen LogP contribution in [-0.2, 0) is 11.2 Å². The molecule has 0 fully saturated rings. The molecule has 12 heavy (non-hydrogen) atoms. The Kier molecular flexibility index (Phi) is 1.50. The zero-order valence-corrected chi connectivity index (χ0v) is 6.41. The Morgan fingerprint density at radius 1 is 1.75 bits per heavy atom. The maximum Gasteiger partial charge on any atom is 0.258 e. The molecule has 0 aromatic heterocycles. The standard InChI is InChI=1S/C9H8NO2/c10-9(11)8-5-6-3-1-2-4-7(6)12-8/h1-2,4,8H,5H2,(H2,10,11). The Balaban J connectivity index is 2.27. The molecule has 1 aliphatic rings. The Morgan fingerprint density at radius 2 is 2.58 bits per heavy atom. The van der Waals surface area contributed by atoms with E-state index < -0.39 is 12.0 Å². The van der Waals surface area contributed by atoms with Crippen LogP contribution >= 0.6 is 0 Å². The number of ether oxygens (including phenoxy) is 1. The Hall–Kier alpha value is -1.51. The molecule has 0 saturated carbocycles. The van der Waals surface area contributed by atoms with Gasteiger partial charge in [-0.1, -0.05) is 12.1 Å². The minimum absolute atomic E-state index is 0.417. The van der Waals surface area contributed by atoms with Crippen LogP contribution in [0.3, 0.4) is 0 Å². The summed E-state index contributed by atoms with van der Waals surface area (Å²) in [6.07, 6.45) is 0.0459. The lowest BCUT2D eigenvalue weighted by Crippen LogP contribution is -2.31. The number of amides is 1. The fraction of sp³-hybridized carbons (Fsp3) is 0.222. The van der Waals surface area contributed by atoms with Crippen LogP contribution < -0.4 is 10.5 Å². The highest BCUT2D eigenvalue weighted by atomic mass is 16.5. The molecule has 1 unspecified atom stereocenters. The van der Waals surface area contributed by atoms with Gasteiger partial charge in [0, 0.05) is 12.0 Å². The number of benzene rings is 1. The molecule has 2 rings (SSSR count). The van der Waals surface area contributed by atoms with Crippen LogP contribution in [0, 0.1) is 6.07 Å². The molecule has 1 atom stereocenters. The van der Waals surface area contributed by atoms with Gasteiger partial charge in [-0.05, 0) is 12.1 Å². The Morgan fingerprint density at radius 3 is 3.25 bits per heavy atom. The normalized spacial score (nSPS) is 19.8. The largest absolute Gasteiger partial charge is 0.480 e. The molecule has 0 spiro atoms. The van der Waals surface area contributed by atoms with Crippen LogP contribution in [0.1, 0.15) is 5.56 Å². The quantitative estimate of drug-likeness (QED) is 0.644. The molecule has 1 aliphatic heterocycles. The van der Waals surface area contributed by atoms with Crippen LogP contribution in [0.2, 0.25) is 0 Å². The van der Waals surface area contributed by atoms with E-state index in [1.54, 1.807) is 6.07 Å². The van der Waals surface area contributed by atoms with E-state index in [9.17, 15) is 4.79 Å². The second kappa shape index (κ2) is 2.52. The third kappa shape index (κ3) is 1.03. The SMILES string of the molecule is NC(=O)C1Cc2[c]cccc2O1. The Bertz CT molecular complexity index is 297. The van der Waals surface area contributed by atoms with E-state index in [0.29, 0.717) is 6.42 Å². The third-order valence-electron chi connectivity index (χ3n) is 1.87. The number of hydrogen-bond acceptors (Lipinski definition) is 2. The summed E-state index contributed by atoms with van der Waals surface area (Å²) in [5.74, 6) is 0.306. The van der Waals surface area contributed by atoms with Gasteiger partial charge in [0.25, 0.3) is 5.91 Å². The highest BCUT2D eigenvalue weighted by Gasteiger charge is 2.26. The van der Waals surface area contributed by atoms with E-state index in [-0.39, 0.29) is 0 Å². The van der Waals surface area contributed by atoms with Gasteiger partial charge in [-0.15, -0.1) is 0 Å². The van der Waals surface area contributed by atoms with Gasteiger partial charge in [-0.3, -0.25) is 4.79 Å². The van der Waals surface area contributed by atoms with E-state index in [1.807, 2.05) is 12.1 Å². The summed E-state index contributed by atoms with van der Waals surface area (Å²) in [7, 11) is 0. The van der Waals surface area contributed by atoms with Crippen molar-refractivity contribution in [3.63, 3.8) is 0 Å². The highest BCUT2D eigenvalue weighted by molar-refractivity contribution is 5.80. The molecule has 1 heterocycles. The fourth-order valence-electron chi connectivity index (χ4n) is 1.26. The van der Waals surface area contributed by atoms with Crippen LogP contribution in [-0.4, -0.2) is 12.0 Å². The van der Waals surface area contributed by atoms with Crippen molar-refractivity contribution in [3.05, 3.63) is 29.8 Å². The number of fused-ring (bicyclic) bond motifs is 1. The molecule has 1 aromatic carbocycles. The lowest BCUT2D eigenvalue weighted by molar-refractivity contribution is -0.123. The summed E-state index contributed by atoms with van der Waals surface area (Å²) in [6.45, 7) is 0. The molecule has 1 aromatic rings. The molecule has 0 aliphatic carbocycles. The number of primary amides is 1. The van der Waals surface area contributed by atoms with E-state index in [4.69, 9.17) is 10.5 Å². The van der Waals surface area contributed by atoms with E-state index in [0.717, 1.165) is 11.3 Å². The van der Waals surface area contributed by atoms with Gasteiger partial charge in [0.1, 0.15) is 5.75 Å². The minimum Gasteiger partial charge on any atom is -0.480 e. The number of hydrogen-bond donors (Lipinski definition) is 1. The summed E-state index contributed by atoms with van der Waals surface area (Å²) in [4.78, 5) is 10.8. The summed E-state index contributed by atoms with van der Waals surface area (Å²) in [5, 5.41) is 0. The van der Waals surface area contributed by atoms with Crippen LogP contribution in [0.15, 0.2) is 18.2 Å². The highest BCUT2D eigenvalue weighted by Crippen LogP contribution is 2.27. The molecule has 0 saturated heterocycles. The van der Waals surface area contributed by atoms with Crippen molar-refractivity contribution in [3.8, 4) is 5.75 Å². The van der Waals surface area contributed by atoms with Gasteiger partial charge >= 0.3 is 0 Å². The van der Waals surface area contributed by atoms with Crippen LogP contribution in [0.25, 0.3) is 0 Å². The van der Waals surface area contributed by atoms with Crippen LogP contribution in [0.4, 0.5) is 0 Å². The number of carbonyl (C=O) groups excluding carboxylic acids is 1. The maximum absolute atomic E-state index is 10.8. The first-order chi connectivity index (χ1) is 5.77. The van der Waals surface area contributed by atoms with Crippen molar-refractivity contribution in [2.45, 2.75) is 12.5 Å². The van der Waals surface area contributed by atoms with Gasteiger partial charge in [-0.2, -0.15) is 0 Å². The second-order valence-corrected chi connectivity index (χ2v) is 2.73. The van der Waals surface area contributed by atoms with Crippen molar-refractivity contribution in [1.29, 1.82) is 0 Å². The molecule has 1 amide bonds. The first-order valence-corrected chi connectivity index (χ1v) is 3.73. The lowest BCUT2D eigenvalue weighted by Gasteiger charge is -2.03. The lowest BCUT2D eigenvalue weighted by atomic mass is 10.1. The van der Waals surface area contributed by atoms with Crippen molar-refractivity contribution in [1.82, 2.24) is 0 Å². The summed E-state index contributed by atoms with van der Waals surface area (Å²) < 4.78 is 5.26. The van der Waals surface area contributed by atoms with Crippen LogP contribution in [0.5, 0.6) is 5.75 Å². The zero-order chi connectivity index (χ0) is 8.55. The Labute approximate surface area is 70.1 Å². The van der Waals surface area contributed by atoms with Crippen molar-refractivity contribution in [2.75, 3.05) is 0 Å². The van der Waals surface area contributed by atoms with Gasteiger partial charge in [0.2, 0.25) is 0 Å². The first-order valence-electron chi connectivity index (χ1n) is 3.73. The molecular weight excluding hydrogens is 154 g/mol. The molecule has 1 radical (unpaired) electrons. The van der Waals surface area contributed by atoms with Crippen molar-refractivity contribution >= 4 is 5.91 Å². The maximum atomic E-state index is 10.8. The summed E-state index contributed by atoms with van der Waals surface area (Å²) in [5.41, 5.74) is 6.03. The number of nitrogens with two attached hydrogens (primary N) is 1. The summed E-state index contributed by atoms with van der Waals surface area (Å²) in [6, 6.07) is 8.43. The van der Waals surface area contributed by atoms with E-state index >= 15 is 0 Å². The second-order valence-electron chi connectivity index (χ2n) is 2.73. The number of carbonyl (C=O) groups is 1. The summed E-state index contributed by atoms with van der Waals surface area (Å²) >= 11 is 0. The predicted octanol–water partition coefficient (Wildman–Crippen LogP) is 0.276. The predicted molar refractivity (Wildman–Crippen MR) is 42.6 cm³/mol. The molecular formula is C9H8NO2. The zero-order valence-electron chi connectivity index (χ0n) is 6.41. The van der Waals surface area contributed by atoms with Gasteiger partial charge in [0.05, 0.1) is 0 Å². The molecule has 2 N–H and O–H groups in total. The monoisotopic (exact) mass is 162 g/mol. The van der Waals surface area contributed by atoms with Crippen molar-refractivity contribution < 1.29 is 9.53 Å². The topological polar surface area (TPSA) is 52.3 Å². The first kappa shape index (κ1) is 7.16. The fourth-order valence-corrected chi connectivity index (χ4v) is 1.26. The smallest absolute Gasteiger partial charge is 0.258 e. The van der Waals surface area contributed by atoms with E-state index in [1.165, 1.54) is 0 Å². The van der Waals surface area contributed by atoms with Gasteiger partial charge in [0.15, 0.2) is 6.10 Å². The number of rotatable bonds is 1. The minimum atomic E-state index is -0.501. The molecule has 0 bridgehead atoms. The molecule has 3 heteroatoms. The van der Waals surface area contributed by atoms with Crippen molar-refractivity contribution in [2.24, 2.45) is 5.73 Å². The third-order valence-corrected chi connectivity index (χ3v) is 1.87. The van der Waals surface area contributed by atoms with Gasteiger partial charge in [-0.25, -0.2) is 0 Å².